The highest BCUT2D eigenvalue weighted by Gasteiger charge is 2.13. The van der Waals surface area contributed by atoms with Gasteiger partial charge < -0.3 is 10.2 Å². The summed E-state index contributed by atoms with van der Waals surface area (Å²) >= 11 is 3.41. The molecule has 4 nitrogen and oxygen atoms in total. The van der Waals surface area contributed by atoms with Crippen LogP contribution in [-0.2, 0) is 9.63 Å². The molecule has 21 heavy (non-hydrogen) atoms. The predicted molar refractivity (Wildman–Crippen MR) is 87.4 cm³/mol. The second-order valence-electron chi connectivity index (χ2n) is 4.36. The molecule has 0 bridgehead atoms. The van der Waals surface area contributed by atoms with Crippen LogP contribution in [0.1, 0.15) is 12.5 Å². The Balaban J connectivity index is 1.88. The Morgan fingerprint density at radius 1 is 1.19 bits per heavy atom. The van der Waals surface area contributed by atoms with Crippen molar-refractivity contribution in [1.29, 1.82) is 0 Å². The number of para-hydroxylation sites is 1. The van der Waals surface area contributed by atoms with Gasteiger partial charge in [-0.2, -0.15) is 0 Å². The van der Waals surface area contributed by atoms with Crippen LogP contribution in [0.3, 0.4) is 0 Å². The van der Waals surface area contributed by atoms with E-state index in [0.29, 0.717) is 0 Å². The van der Waals surface area contributed by atoms with Gasteiger partial charge in [-0.15, -0.1) is 0 Å². The van der Waals surface area contributed by atoms with E-state index in [0.717, 1.165) is 15.7 Å². The van der Waals surface area contributed by atoms with Crippen LogP contribution in [-0.4, -0.2) is 18.2 Å². The fourth-order valence-corrected chi connectivity index (χ4v) is 1.96. The highest BCUT2D eigenvalue weighted by molar-refractivity contribution is 9.10. The maximum Gasteiger partial charge on any atom is 0.267 e. The summed E-state index contributed by atoms with van der Waals surface area (Å²) in [5.74, 6) is -0.245. The molecule has 0 radical (unpaired) electrons. The predicted octanol–water partition coefficient (Wildman–Crippen LogP) is 3.83. The summed E-state index contributed by atoms with van der Waals surface area (Å²) in [6.07, 6.45) is 0.889. The summed E-state index contributed by atoms with van der Waals surface area (Å²) < 4.78 is 0.916. The van der Waals surface area contributed by atoms with E-state index >= 15 is 0 Å². The summed E-state index contributed by atoms with van der Waals surface area (Å²) in [6, 6.07) is 16.8. The van der Waals surface area contributed by atoms with Crippen LogP contribution in [0.15, 0.2) is 64.2 Å². The van der Waals surface area contributed by atoms with Crippen molar-refractivity contribution >= 4 is 33.7 Å². The largest absolute Gasteiger partial charge is 0.383 e. The number of nitrogens with one attached hydrogen (secondary N) is 1. The molecule has 0 aliphatic heterocycles. The molecule has 1 amide bonds. The van der Waals surface area contributed by atoms with Gasteiger partial charge in [0.2, 0.25) is 6.10 Å². The number of nitrogens with zero attached hydrogens (tertiary/aromatic N) is 1. The molecule has 0 unspecified atom stereocenters. The zero-order chi connectivity index (χ0) is 15.1. The summed E-state index contributed by atoms with van der Waals surface area (Å²) in [6.45, 7) is 1.65. The third-order valence-electron chi connectivity index (χ3n) is 2.73. The molecular formula is C16H15BrN2O2. The normalized spacial score (nSPS) is 12.1. The van der Waals surface area contributed by atoms with Crippen LogP contribution in [0, 0.1) is 0 Å². The van der Waals surface area contributed by atoms with Gasteiger partial charge in [0.1, 0.15) is 0 Å². The zero-order valence-electron chi connectivity index (χ0n) is 11.5. The van der Waals surface area contributed by atoms with Gasteiger partial charge in [0.05, 0.1) is 6.21 Å². The number of halogens is 1. The van der Waals surface area contributed by atoms with Crippen LogP contribution in [0.4, 0.5) is 5.69 Å². The lowest BCUT2D eigenvalue weighted by molar-refractivity contribution is -0.126. The highest BCUT2D eigenvalue weighted by Crippen LogP contribution is 2.13. The topological polar surface area (TPSA) is 50.7 Å². The SMILES string of the molecule is C[C@@H](O/N=C\c1ccccc1Br)C(=O)Nc1ccccc1. The summed E-state index contributed by atoms with van der Waals surface area (Å²) in [5.41, 5.74) is 1.61. The van der Waals surface area contributed by atoms with Crippen LogP contribution >= 0.6 is 15.9 Å². The van der Waals surface area contributed by atoms with Crippen molar-refractivity contribution in [3.63, 3.8) is 0 Å². The van der Waals surface area contributed by atoms with E-state index in [-0.39, 0.29) is 5.91 Å². The molecule has 0 aromatic heterocycles. The molecule has 108 valence electrons. The number of benzene rings is 2. The fourth-order valence-electron chi connectivity index (χ4n) is 1.57. The first-order chi connectivity index (χ1) is 10.2. The zero-order valence-corrected chi connectivity index (χ0v) is 13.1. The molecule has 2 aromatic carbocycles. The van der Waals surface area contributed by atoms with Crippen LogP contribution < -0.4 is 5.32 Å². The molecule has 0 saturated heterocycles. The second kappa shape index (κ2) is 7.59. The van der Waals surface area contributed by atoms with Gasteiger partial charge in [-0.3, -0.25) is 4.79 Å². The van der Waals surface area contributed by atoms with Gasteiger partial charge in [0.15, 0.2) is 0 Å². The van der Waals surface area contributed by atoms with Crippen LogP contribution in [0.5, 0.6) is 0 Å². The molecule has 2 aromatic rings. The third-order valence-corrected chi connectivity index (χ3v) is 3.45. The molecule has 0 aliphatic carbocycles. The molecular weight excluding hydrogens is 332 g/mol. The maximum atomic E-state index is 11.9. The van der Waals surface area contributed by atoms with Crippen molar-refractivity contribution < 1.29 is 9.63 Å². The highest BCUT2D eigenvalue weighted by atomic mass is 79.9. The van der Waals surface area contributed by atoms with Crippen molar-refractivity contribution in [2.45, 2.75) is 13.0 Å². The third kappa shape index (κ3) is 4.72. The van der Waals surface area contributed by atoms with Gasteiger partial charge >= 0.3 is 0 Å². The van der Waals surface area contributed by atoms with Crippen molar-refractivity contribution in [2.24, 2.45) is 5.16 Å². The number of rotatable bonds is 5. The minimum atomic E-state index is -0.677. The molecule has 1 atom stereocenters. The standard InChI is InChI=1S/C16H15BrN2O2/c1-12(16(20)19-14-8-3-2-4-9-14)21-18-11-13-7-5-6-10-15(13)17/h2-12H,1H3,(H,19,20)/b18-11-/t12-/m1/s1. The van der Waals surface area contributed by atoms with Crippen LogP contribution in [0.2, 0.25) is 0 Å². The molecule has 0 fully saturated rings. The smallest absolute Gasteiger partial charge is 0.267 e. The van der Waals surface area contributed by atoms with E-state index in [9.17, 15) is 4.79 Å². The van der Waals surface area contributed by atoms with Crippen molar-refractivity contribution in [2.75, 3.05) is 5.32 Å². The molecule has 2 rings (SSSR count). The van der Waals surface area contributed by atoms with Crippen molar-refractivity contribution in [1.82, 2.24) is 0 Å². The van der Waals surface area contributed by atoms with Gasteiger partial charge in [-0.05, 0) is 25.1 Å². The maximum absolute atomic E-state index is 11.9. The Kier molecular flexibility index (Phi) is 5.51. The van der Waals surface area contributed by atoms with E-state index in [1.54, 1.807) is 13.1 Å². The first-order valence-corrected chi connectivity index (χ1v) is 7.26. The number of anilines is 1. The summed E-state index contributed by atoms with van der Waals surface area (Å²) in [5, 5.41) is 6.60. The molecule has 5 heteroatoms. The lowest BCUT2D eigenvalue weighted by Gasteiger charge is -2.10. The van der Waals surface area contributed by atoms with Crippen molar-refractivity contribution in [3.05, 3.63) is 64.6 Å². The van der Waals surface area contributed by atoms with Gasteiger partial charge in [-0.1, -0.05) is 57.5 Å². The Hall–Kier alpha value is -2.14. The minimum absolute atomic E-state index is 0.245. The average molecular weight is 347 g/mol. The number of hydrogen-bond donors (Lipinski definition) is 1. The Morgan fingerprint density at radius 3 is 2.57 bits per heavy atom. The number of amides is 1. The number of hydrogen-bond acceptors (Lipinski definition) is 3. The number of carbonyl (C=O) groups is 1. The van der Waals surface area contributed by atoms with E-state index < -0.39 is 6.10 Å². The monoisotopic (exact) mass is 346 g/mol. The molecule has 0 spiro atoms. The van der Waals surface area contributed by atoms with E-state index in [2.05, 4.69) is 26.4 Å². The minimum Gasteiger partial charge on any atom is -0.383 e. The van der Waals surface area contributed by atoms with Crippen LogP contribution in [0.25, 0.3) is 0 Å². The first-order valence-electron chi connectivity index (χ1n) is 6.46. The lowest BCUT2D eigenvalue weighted by atomic mass is 10.2. The second-order valence-corrected chi connectivity index (χ2v) is 5.21. The van der Waals surface area contributed by atoms with E-state index in [1.807, 2.05) is 54.6 Å². The summed E-state index contributed by atoms with van der Waals surface area (Å²) in [7, 11) is 0. The van der Waals surface area contributed by atoms with E-state index in [4.69, 9.17) is 4.84 Å². The van der Waals surface area contributed by atoms with Crippen molar-refractivity contribution in [3.8, 4) is 0 Å². The summed E-state index contributed by atoms with van der Waals surface area (Å²) in [4.78, 5) is 17.1. The number of carbonyl (C=O) groups excluding carboxylic acids is 1. The first kappa shape index (κ1) is 15.3. The Labute approximate surface area is 131 Å². The molecule has 0 aliphatic rings. The van der Waals surface area contributed by atoms with Gasteiger partial charge in [0.25, 0.3) is 5.91 Å². The van der Waals surface area contributed by atoms with E-state index in [1.165, 1.54) is 0 Å². The quantitative estimate of drug-likeness (QED) is 0.660. The Morgan fingerprint density at radius 2 is 1.86 bits per heavy atom. The molecule has 1 N–H and O–H groups in total. The number of oxime groups is 1. The van der Waals surface area contributed by atoms with Gasteiger partial charge in [0, 0.05) is 15.7 Å². The molecule has 0 heterocycles. The Bertz CT molecular complexity index is 629. The molecule has 0 saturated carbocycles. The fraction of sp³-hybridized carbons (Fsp3) is 0.125. The average Bonchev–Trinajstić information content (AvgIpc) is 2.50. The lowest BCUT2D eigenvalue weighted by Crippen LogP contribution is -2.26. The van der Waals surface area contributed by atoms with Gasteiger partial charge in [-0.25, -0.2) is 0 Å².